The van der Waals surface area contributed by atoms with Gasteiger partial charge in [-0.3, -0.25) is 10.2 Å². The molecule has 1 rings (SSSR count). The molecule has 0 aromatic heterocycles. The Kier molecular flexibility index (Phi) is 4.74. The number of thioether (sulfide) groups is 1. The molecule has 0 aromatic rings. The Labute approximate surface area is 110 Å². The fourth-order valence-electron chi connectivity index (χ4n) is 1.31. The van der Waals surface area contributed by atoms with E-state index in [0.29, 0.717) is 0 Å². The number of nitrogens with zero attached hydrogens (tertiary/aromatic N) is 2. The van der Waals surface area contributed by atoms with E-state index < -0.39 is 16.1 Å². The Morgan fingerprint density at radius 2 is 2.28 bits per heavy atom. The van der Waals surface area contributed by atoms with Crippen LogP contribution in [0.25, 0.3) is 0 Å². The molecule has 1 saturated heterocycles. The molecule has 0 amide bonds. The lowest BCUT2D eigenvalue weighted by Gasteiger charge is -2.21. The summed E-state index contributed by atoms with van der Waals surface area (Å²) in [6.45, 7) is 3.46. The van der Waals surface area contributed by atoms with Crippen molar-refractivity contribution in [2.45, 2.75) is 26.0 Å². The second-order valence-corrected chi connectivity index (χ2v) is 6.79. The van der Waals surface area contributed by atoms with E-state index in [1.165, 1.54) is 0 Å². The minimum absolute atomic E-state index is 0.130. The molecule has 7 nitrogen and oxygen atoms in total. The molecular formula is C9H14N3O4S2. The summed E-state index contributed by atoms with van der Waals surface area (Å²) in [6, 6.07) is -0.825. The second kappa shape index (κ2) is 5.70. The average Bonchev–Trinajstić information content (AvgIpc) is 2.60. The zero-order chi connectivity index (χ0) is 13.9. The molecule has 1 unspecified atom stereocenters. The molecule has 1 atom stereocenters. The third kappa shape index (κ3) is 3.45. The molecule has 101 valence electrons. The highest BCUT2D eigenvalue weighted by Gasteiger charge is 2.39. The van der Waals surface area contributed by atoms with Crippen LogP contribution in [0.4, 0.5) is 0 Å². The van der Waals surface area contributed by atoms with Crippen LogP contribution in [-0.4, -0.2) is 54.0 Å². The molecular weight excluding hydrogens is 278 g/mol. The van der Waals surface area contributed by atoms with E-state index in [-0.39, 0.29) is 22.7 Å². The van der Waals surface area contributed by atoms with Gasteiger partial charge in [-0.05, 0) is 13.8 Å². The Bertz CT molecular complexity index is 472. The number of nitrogens with one attached hydrogen (secondary N) is 1. The van der Waals surface area contributed by atoms with Gasteiger partial charge in [0.1, 0.15) is 12.1 Å². The van der Waals surface area contributed by atoms with E-state index in [1.807, 2.05) is 0 Å². The molecule has 1 fully saturated rings. The van der Waals surface area contributed by atoms with Gasteiger partial charge < -0.3 is 4.84 Å². The Morgan fingerprint density at radius 1 is 1.67 bits per heavy atom. The topological polar surface area (TPSA) is 99.9 Å². The molecule has 0 bridgehead atoms. The van der Waals surface area contributed by atoms with Crippen molar-refractivity contribution >= 4 is 39.0 Å². The fraction of sp³-hybridized carbons (Fsp3) is 0.667. The zero-order valence-electron chi connectivity index (χ0n) is 10.2. The average molecular weight is 292 g/mol. The maximum Gasteiger partial charge on any atom is 0.254 e. The highest BCUT2D eigenvalue weighted by Crippen LogP contribution is 2.26. The summed E-state index contributed by atoms with van der Waals surface area (Å²) in [6.07, 6.45) is 2.33. The predicted molar refractivity (Wildman–Crippen MR) is 70.0 cm³/mol. The smallest absolute Gasteiger partial charge is 0.254 e. The minimum atomic E-state index is -3.62. The lowest BCUT2D eigenvalue weighted by atomic mass is 10.2. The summed E-state index contributed by atoms with van der Waals surface area (Å²) in [7, 11) is -3.62. The SMILES string of the molecule is CC(C)ON=C([C]=O)C1CSC(=N)N1S(C)(=O)=O. The monoisotopic (exact) mass is 292 g/mol. The Hall–Kier alpha value is -1.09. The van der Waals surface area contributed by atoms with Gasteiger partial charge >= 0.3 is 0 Å². The van der Waals surface area contributed by atoms with Crippen LogP contribution in [0.1, 0.15) is 13.8 Å². The van der Waals surface area contributed by atoms with E-state index in [1.54, 1.807) is 20.1 Å². The van der Waals surface area contributed by atoms with Crippen molar-refractivity contribution in [1.82, 2.24) is 4.31 Å². The van der Waals surface area contributed by atoms with Crippen molar-refractivity contribution in [2.24, 2.45) is 5.16 Å². The van der Waals surface area contributed by atoms with Crippen molar-refractivity contribution in [1.29, 1.82) is 5.41 Å². The minimum Gasteiger partial charge on any atom is -0.393 e. The largest absolute Gasteiger partial charge is 0.393 e. The van der Waals surface area contributed by atoms with Crippen LogP contribution < -0.4 is 0 Å². The van der Waals surface area contributed by atoms with Crippen LogP contribution in [0.3, 0.4) is 0 Å². The summed E-state index contributed by atoms with van der Waals surface area (Å²) < 4.78 is 24.0. The molecule has 9 heteroatoms. The number of amidine groups is 1. The predicted octanol–water partition coefficient (Wildman–Crippen LogP) is 0.189. The normalized spacial score (nSPS) is 21.6. The maximum atomic E-state index is 11.6. The first-order chi connectivity index (χ1) is 8.27. The van der Waals surface area contributed by atoms with E-state index in [0.717, 1.165) is 22.3 Å². The first kappa shape index (κ1) is 15.0. The Balaban J connectivity index is 3.02. The molecule has 1 heterocycles. The highest BCUT2D eigenvalue weighted by atomic mass is 32.2. The van der Waals surface area contributed by atoms with Gasteiger partial charge in [-0.15, -0.1) is 0 Å². The first-order valence-corrected chi connectivity index (χ1v) is 7.93. The van der Waals surface area contributed by atoms with Crippen LogP contribution in [-0.2, 0) is 19.7 Å². The summed E-state index contributed by atoms with van der Waals surface area (Å²) >= 11 is 1.03. The molecule has 1 aliphatic rings. The van der Waals surface area contributed by atoms with Crippen LogP contribution in [0.15, 0.2) is 5.16 Å². The molecule has 0 spiro atoms. The molecule has 0 aromatic carbocycles. The van der Waals surface area contributed by atoms with E-state index >= 15 is 0 Å². The lowest BCUT2D eigenvalue weighted by molar-refractivity contribution is 0.0855. The van der Waals surface area contributed by atoms with Crippen molar-refractivity contribution in [3.63, 3.8) is 0 Å². The van der Waals surface area contributed by atoms with Crippen LogP contribution in [0.5, 0.6) is 0 Å². The number of hydrogen-bond acceptors (Lipinski definition) is 7. The number of sulfonamides is 1. The van der Waals surface area contributed by atoms with Gasteiger partial charge in [0.05, 0.1) is 6.26 Å². The quantitative estimate of drug-likeness (QED) is 0.576. The Morgan fingerprint density at radius 3 is 2.72 bits per heavy atom. The van der Waals surface area contributed by atoms with Crippen molar-refractivity contribution in [2.75, 3.05) is 12.0 Å². The summed E-state index contributed by atoms with van der Waals surface area (Å²) in [5.41, 5.74) is -0.149. The van der Waals surface area contributed by atoms with Crippen LogP contribution in [0, 0.1) is 5.41 Å². The molecule has 1 N–H and O–H groups in total. The summed E-state index contributed by atoms with van der Waals surface area (Å²) in [5.74, 6) is 0.251. The molecule has 1 aliphatic heterocycles. The number of oxime groups is 1. The molecule has 0 aliphatic carbocycles. The van der Waals surface area contributed by atoms with Crippen molar-refractivity contribution in [3.05, 3.63) is 0 Å². The van der Waals surface area contributed by atoms with Crippen molar-refractivity contribution < 1.29 is 18.0 Å². The molecule has 0 saturated carbocycles. The van der Waals surface area contributed by atoms with Gasteiger partial charge in [0.2, 0.25) is 10.0 Å². The van der Waals surface area contributed by atoms with Crippen molar-refractivity contribution in [3.8, 4) is 0 Å². The lowest BCUT2D eigenvalue weighted by Crippen LogP contribution is -2.43. The zero-order valence-corrected chi connectivity index (χ0v) is 11.8. The molecule has 18 heavy (non-hydrogen) atoms. The van der Waals surface area contributed by atoms with E-state index in [9.17, 15) is 13.2 Å². The van der Waals surface area contributed by atoms with Gasteiger partial charge in [-0.1, -0.05) is 16.9 Å². The number of hydrogen-bond donors (Lipinski definition) is 1. The standard InChI is InChI=1S/C9H14N3O4S2/c1-6(2)16-11-7(4-13)8-5-17-9(10)12(8)18(3,14)15/h6,8,10H,5H2,1-3H3. The second-order valence-electron chi connectivity index (χ2n) is 3.92. The van der Waals surface area contributed by atoms with Gasteiger partial charge in [0.25, 0.3) is 6.29 Å². The van der Waals surface area contributed by atoms with E-state index in [2.05, 4.69) is 5.16 Å². The van der Waals surface area contributed by atoms with Gasteiger partial charge in [0.15, 0.2) is 10.9 Å². The van der Waals surface area contributed by atoms with E-state index in [4.69, 9.17) is 10.2 Å². The van der Waals surface area contributed by atoms with Crippen LogP contribution >= 0.6 is 11.8 Å². The fourth-order valence-corrected chi connectivity index (χ4v) is 3.79. The van der Waals surface area contributed by atoms with Gasteiger partial charge in [0, 0.05) is 5.75 Å². The summed E-state index contributed by atoms with van der Waals surface area (Å²) in [5, 5.41) is 11.0. The maximum absolute atomic E-state index is 11.6. The summed E-state index contributed by atoms with van der Waals surface area (Å²) in [4.78, 5) is 15.8. The highest BCUT2D eigenvalue weighted by molar-refractivity contribution is 8.15. The third-order valence-electron chi connectivity index (χ3n) is 2.00. The van der Waals surface area contributed by atoms with Crippen LogP contribution in [0.2, 0.25) is 0 Å². The van der Waals surface area contributed by atoms with Gasteiger partial charge in [-0.25, -0.2) is 12.7 Å². The number of carbonyl (C=O) groups excluding carboxylic acids is 1. The third-order valence-corrected chi connectivity index (χ3v) is 4.22. The number of rotatable bonds is 5. The van der Waals surface area contributed by atoms with Gasteiger partial charge in [-0.2, -0.15) is 0 Å². The first-order valence-electron chi connectivity index (χ1n) is 5.10. The molecule has 1 radical (unpaired) electrons.